The van der Waals surface area contributed by atoms with Crippen molar-refractivity contribution in [1.29, 1.82) is 0 Å². The number of aliphatic hydroxyl groups excluding tert-OH is 3. The minimum absolute atomic E-state index is 0.150. The lowest BCUT2D eigenvalue weighted by molar-refractivity contribution is 0.135. The van der Waals surface area contributed by atoms with E-state index in [0.717, 1.165) is 19.3 Å². The van der Waals surface area contributed by atoms with Crippen molar-refractivity contribution < 1.29 is 20.1 Å². The molecule has 0 amide bonds. The molecule has 0 saturated heterocycles. The molecule has 3 N–H and O–H groups in total. The number of unbranched alkanes of at least 4 members (excludes halogenated alkanes) is 1. The maximum atomic E-state index is 9.21. The fourth-order valence-corrected chi connectivity index (χ4v) is 1.03. The number of rotatable bonds is 9. The number of hydrogen-bond donors (Lipinski definition) is 3. The molecule has 0 spiro atoms. The van der Waals surface area contributed by atoms with Crippen LogP contribution in [0.3, 0.4) is 0 Å². The minimum atomic E-state index is -0.298. The van der Waals surface area contributed by atoms with Crippen LogP contribution in [0.25, 0.3) is 0 Å². The van der Waals surface area contributed by atoms with Gasteiger partial charge in [-0.1, -0.05) is 13.2 Å². The van der Waals surface area contributed by atoms with Crippen LogP contribution < -0.4 is 0 Å². The maximum Gasteiger partial charge on any atom is 0.0829 e. The molecule has 0 heterocycles. The zero-order valence-corrected chi connectivity index (χ0v) is 9.85. The van der Waals surface area contributed by atoms with Crippen molar-refractivity contribution in [3.8, 4) is 0 Å². The first kappa shape index (κ1) is 17.6. The topological polar surface area (TPSA) is 69.9 Å². The minimum Gasteiger partial charge on any atom is -0.474 e. The summed E-state index contributed by atoms with van der Waals surface area (Å²) in [4.78, 5) is 0. The van der Waals surface area contributed by atoms with E-state index in [-0.39, 0.29) is 19.3 Å². The molecule has 0 radical (unpaired) electrons. The Kier molecular flexibility index (Phi) is 18.2. The number of ether oxygens (including phenoxy) is 1. The van der Waals surface area contributed by atoms with E-state index in [0.29, 0.717) is 12.8 Å². The largest absolute Gasteiger partial charge is 0.474 e. The Morgan fingerprint density at radius 2 is 1.44 bits per heavy atom. The lowest BCUT2D eigenvalue weighted by atomic mass is 10.1. The molecule has 96 valence electrons. The van der Waals surface area contributed by atoms with E-state index in [1.54, 1.807) is 0 Å². The quantitative estimate of drug-likeness (QED) is 0.417. The molecule has 1 unspecified atom stereocenters. The smallest absolute Gasteiger partial charge is 0.0829 e. The summed E-state index contributed by atoms with van der Waals surface area (Å²) in [6.45, 7) is 6.86. The summed E-state index contributed by atoms with van der Waals surface area (Å²) >= 11 is 0. The zero-order valence-electron chi connectivity index (χ0n) is 9.85. The van der Waals surface area contributed by atoms with Gasteiger partial charge < -0.3 is 20.1 Å². The fraction of sp³-hybridized carbons (Fsp3) is 0.667. The highest BCUT2D eigenvalue weighted by Crippen LogP contribution is 2.05. The van der Waals surface area contributed by atoms with Gasteiger partial charge in [0, 0.05) is 13.2 Å². The third-order valence-corrected chi connectivity index (χ3v) is 1.83. The molecule has 0 aromatic heterocycles. The predicted octanol–water partition coefficient (Wildman–Crippen LogP) is 1.57. The van der Waals surface area contributed by atoms with Crippen LogP contribution in [-0.4, -0.2) is 34.6 Å². The summed E-state index contributed by atoms with van der Waals surface area (Å²) in [5.74, 6) is 0. The van der Waals surface area contributed by atoms with Crippen molar-refractivity contribution in [1.82, 2.24) is 0 Å². The van der Waals surface area contributed by atoms with E-state index in [9.17, 15) is 5.11 Å². The van der Waals surface area contributed by atoms with Crippen LogP contribution in [0.5, 0.6) is 0 Å². The van der Waals surface area contributed by atoms with Crippen LogP contribution >= 0.6 is 0 Å². The Bertz CT molecular complexity index is 142. The molecule has 0 aromatic carbocycles. The second kappa shape index (κ2) is 16.6. The molecule has 4 heteroatoms. The van der Waals surface area contributed by atoms with E-state index in [2.05, 4.69) is 17.9 Å². The molecule has 0 bridgehead atoms. The average molecular weight is 232 g/mol. The SMILES string of the molecule is C=COC=C.OCCCCC(O)CCCO. The predicted molar refractivity (Wildman–Crippen MR) is 64.7 cm³/mol. The molecule has 0 aromatic rings. The van der Waals surface area contributed by atoms with Gasteiger partial charge in [-0.2, -0.15) is 0 Å². The molecule has 0 fully saturated rings. The summed E-state index contributed by atoms with van der Waals surface area (Å²) < 4.78 is 4.36. The normalized spacial score (nSPS) is 10.9. The summed E-state index contributed by atoms with van der Waals surface area (Å²) in [5, 5.41) is 26.1. The van der Waals surface area contributed by atoms with E-state index >= 15 is 0 Å². The first-order chi connectivity index (χ1) is 7.72. The van der Waals surface area contributed by atoms with Gasteiger partial charge >= 0.3 is 0 Å². The molecule has 1 atom stereocenters. The summed E-state index contributed by atoms with van der Waals surface area (Å²) in [6, 6.07) is 0. The summed E-state index contributed by atoms with van der Waals surface area (Å²) in [6.07, 6.45) is 6.02. The zero-order chi connectivity index (χ0) is 12.6. The monoisotopic (exact) mass is 232 g/mol. The maximum absolute atomic E-state index is 9.21. The number of aliphatic hydroxyl groups is 3. The van der Waals surface area contributed by atoms with Gasteiger partial charge in [-0.25, -0.2) is 0 Å². The van der Waals surface area contributed by atoms with Crippen molar-refractivity contribution in [2.75, 3.05) is 13.2 Å². The fourth-order valence-electron chi connectivity index (χ4n) is 1.03. The molecule has 4 nitrogen and oxygen atoms in total. The highest BCUT2D eigenvalue weighted by Gasteiger charge is 2.01. The van der Waals surface area contributed by atoms with E-state index in [1.807, 2.05) is 0 Å². The molecule has 0 saturated carbocycles. The highest BCUT2D eigenvalue weighted by atomic mass is 16.5. The van der Waals surface area contributed by atoms with E-state index in [1.165, 1.54) is 12.5 Å². The van der Waals surface area contributed by atoms with Crippen LogP contribution in [0.4, 0.5) is 0 Å². The van der Waals surface area contributed by atoms with Crippen molar-refractivity contribution in [3.63, 3.8) is 0 Å². The van der Waals surface area contributed by atoms with Gasteiger partial charge in [-0.15, -0.1) is 0 Å². The van der Waals surface area contributed by atoms with Crippen LogP contribution in [-0.2, 0) is 4.74 Å². The van der Waals surface area contributed by atoms with Gasteiger partial charge in [0.05, 0.1) is 18.6 Å². The Labute approximate surface area is 97.9 Å². The van der Waals surface area contributed by atoms with E-state index in [4.69, 9.17) is 10.2 Å². The third kappa shape index (κ3) is 18.9. The molecule has 0 rings (SSSR count). The average Bonchev–Trinajstić information content (AvgIpc) is 2.29. The first-order valence-electron chi connectivity index (χ1n) is 5.50. The molecule has 0 aliphatic carbocycles. The van der Waals surface area contributed by atoms with Gasteiger partial charge in [0.25, 0.3) is 0 Å². The lowest BCUT2D eigenvalue weighted by Crippen LogP contribution is -2.07. The molecule has 0 aliphatic rings. The molecule has 0 aliphatic heterocycles. The molecular weight excluding hydrogens is 208 g/mol. The Morgan fingerprint density at radius 1 is 0.938 bits per heavy atom. The van der Waals surface area contributed by atoms with Crippen molar-refractivity contribution in [2.45, 2.75) is 38.2 Å². The standard InChI is InChI=1S/C8H18O3.C4H6O/c9-6-2-1-4-8(11)5-3-7-10;1-3-5-4-2/h8-11H,1-7H2;3-4H,1-2H2. The van der Waals surface area contributed by atoms with Crippen LogP contribution in [0.1, 0.15) is 32.1 Å². The van der Waals surface area contributed by atoms with Gasteiger partial charge in [0.15, 0.2) is 0 Å². The first-order valence-corrected chi connectivity index (χ1v) is 5.50. The van der Waals surface area contributed by atoms with Crippen LogP contribution in [0.2, 0.25) is 0 Å². The molecular formula is C12H24O4. The van der Waals surface area contributed by atoms with Gasteiger partial charge in [-0.05, 0) is 32.1 Å². The Morgan fingerprint density at radius 3 is 1.81 bits per heavy atom. The van der Waals surface area contributed by atoms with Gasteiger partial charge in [-0.3, -0.25) is 0 Å². The second-order valence-electron chi connectivity index (χ2n) is 3.21. The number of hydrogen-bond acceptors (Lipinski definition) is 4. The second-order valence-corrected chi connectivity index (χ2v) is 3.21. The van der Waals surface area contributed by atoms with Crippen molar-refractivity contribution in [2.24, 2.45) is 0 Å². The van der Waals surface area contributed by atoms with E-state index < -0.39 is 0 Å². The van der Waals surface area contributed by atoms with Crippen molar-refractivity contribution >= 4 is 0 Å². The van der Waals surface area contributed by atoms with Crippen LogP contribution in [0, 0.1) is 0 Å². The lowest BCUT2D eigenvalue weighted by Gasteiger charge is -2.07. The van der Waals surface area contributed by atoms with Gasteiger partial charge in [0.2, 0.25) is 0 Å². The highest BCUT2D eigenvalue weighted by molar-refractivity contribution is 4.57. The summed E-state index contributed by atoms with van der Waals surface area (Å²) in [5.41, 5.74) is 0. The third-order valence-electron chi connectivity index (χ3n) is 1.83. The van der Waals surface area contributed by atoms with Gasteiger partial charge in [0.1, 0.15) is 0 Å². The van der Waals surface area contributed by atoms with Crippen LogP contribution in [0.15, 0.2) is 25.7 Å². The Hall–Kier alpha value is -0.840. The summed E-state index contributed by atoms with van der Waals surface area (Å²) in [7, 11) is 0. The Balaban J connectivity index is 0. The van der Waals surface area contributed by atoms with Crippen molar-refractivity contribution in [3.05, 3.63) is 25.7 Å². The molecule has 16 heavy (non-hydrogen) atoms.